The fourth-order valence-corrected chi connectivity index (χ4v) is 2.54. The van der Waals surface area contributed by atoms with E-state index in [0.29, 0.717) is 11.4 Å². The number of nitrogens with one attached hydrogen (secondary N) is 1. The molecule has 1 aromatic carbocycles. The van der Waals surface area contributed by atoms with Gasteiger partial charge in [-0.3, -0.25) is 9.78 Å². The van der Waals surface area contributed by atoms with E-state index >= 15 is 0 Å². The number of ether oxygens (including phenoxy) is 2. The smallest absolute Gasteiger partial charge is 0.344 e. The van der Waals surface area contributed by atoms with E-state index in [4.69, 9.17) is 9.47 Å². The standard InChI is InChI=1S/C21H19N3O4/c1-14-6-3-7-15(2)19(14)24-18(25)13-27-21(26)17-9-5-11-23-20(17)28-16-8-4-10-22-12-16/h3-12H,13H2,1-2H3,(H,24,25). The molecule has 1 amide bonds. The summed E-state index contributed by atoms with van der Waals surface area (Å²) < 4.78 is 10.7. The summed E-state index contributed by atoms with van der Waals surface area (Å²) in [5, 5.41) is 2.77. The van der Waals surface area contributed by atoms with Gasteiger partial charge in [-0.2, -0.15) is 0 Å². The van der Waals surface area contributed by atoms with Crippen LogP contribution in [-0.2, 0) is 9.53 Å². The molecular weight excluding hydrogens is 358 g/mol. The van der Waals surface area contributed by atoms with Crippen LogP contribution >= 0.6 is 0 Å². The number of anilines is 1. The Morgan fingerprint density at radius 2 is 1.75 bits per heavy atom. The minimum atomic E-state index is -0.705. The van der Waals surface area contributed by atoms with E-state index < -0.39 is 18.5 Å². The highest BCUT2D eigenvalue weighted by Gasteiger charge is 2.17. The maximum Gasteiger partial charge on any atom is 0.344 e. The van der Waals surface area contributed by atoms with Crippen molar-refractivity contribution in [1.29, 1.82) is 0 Å². The fraction of sp³-hybridized carbons (Fsp3) is 0.143. The largest absolute Gasteiger partial charge is 0.452 e. The molecular formula is C21H19N3O4. The number of pyridine rings is 2. The first-order chi connectivity index (χ1) is 13.5. The molecule has 0 spiro atoms. The fourth-order valence-electron chi connectivity index (χ4n) is 2.54. The number of hydrogen-bond acceptors (Lipinski definition) is 6. The second kappa shape index (κ2) is 8.77. The number of aryl methyl sites for hydroxylation is 2. The van der Waals surface area contributed by atoms with Gasteiger partial charge in [0.15, 0.2) is 6.61 Å². The molecule has 0 saturated carbocycles. The molecule has 1 N–H and O–H groups in total. The summed E-state index contributed by atoms with van der Waals surface area (Å²) in [6, 6.07) is 12.2. The van der Waals surface area contributed by atoms with Gasteiger partial charge < -0.3 is 14.8 Å². The van der Waals surface area contributed by atoms with Crippen LogP contribution in [0.4, 0.5) is 5.69 Å². The van der Waals surface area contributed by atoms with Crippen LogP contribution in [0.2, 0.25) is 0 Å². The minimum Gasteiger partial charge on any atom is -0.452 e. The van der Waals surface area contributed by atoms with Crippen LogP contribution in [0, 0.1) is 13.8 Å². The van der Waals surface area contributed by atoms with Gasteiger partial charge in [-0.1, -0.05) is 18.2 Å². The molecule has 0 saturated heterocycles. The zero-order valence-corrected chi connectivity index (χ0v) is 15.5. The third-order valence-electron chi connectivity index (χ3n) is 3.92. The molecule has 3 aromatic rings. The number of hydrogen-bond donors (Lipinski definition) is 1. The monoisotopic (exact) mass is 377 g/mol. The van der Waals surface area contributed by atoms with Crippen molar-refractivity contribution >= 4 is 17.6 Å². The normalized spacial score (nSPS) is 10.2. The SMILES string of the molecule is Cc1cccc(C)c1NC(=O)COC(=O)c1cccnc1Oc1cccnc1. The Bertz CT molecular complexity index is 970. The second-order valence-electron chi connectivity index (χ2n) is 6.04. The van der Waals surface area contributed by atoms with Crippen LogP contribution in [0.3, 0.4) is 0 Å². The summed E-state index contributed by atoms with van der Waals surface area (Å²) >= 11 is 0. The lowest BCUT2D eigenvalue weighted by Gasteiger charge is -2.12. The van der Waals surface area contributed by atoms with Crippen LogP contribution in [0.15, 0.2) is 61.1 Å². The van der Waals surface area contributed by atoms with Gasteiger partial charge in [0, 0.05) is 18.1 Å². The zero-order chi connectivity index (χ0) is 19.9. The summed E-state index contributed by atoms with van der Waals surface area (Å²) in [6.45, 7) is 3.37. The maximum atomic E-state index is 12.4. The topological polar surface area (TPSA) is 90.4 Å². The van der Waals surface area contributed by atoms with Gasteiger partial charge in [0.1, 0.15) is 11.3 Å². The molecule has 0 bridgehead atoms. The van der Waals surface area contributed by atoms with Gasteiger partial charge in [-0.25, -0.2) is 9.78 Å². The Balaban J connectivity index is 1.64. The molecule has 142 valence electrons. The van der Waals surface area contributed by atoms with Crippen molar-refractivity contribution in [2.24, 2.45) is 0 Å². The highest BCUT2D eigenvalue weighted by atomic mass is 16.5. The third-order valence-corrected chi connectivity index (χ3v) is 3.92. The Kier molecular flexibility index (Phi) is 5.96. The van der Waals surface area contributed by atoms with Gasteiger partial charge in [0.05, 0.1) is 6.20 Å². The van der Waals surface area contributed by atoms with Gasteiger partial charge in [0.25, 0.3) is 5.91 Å². The van der Waals surface area contributed by atoms with E-state index in [9.17, 15) is 9.59 Å². The van der Waals surface area contributed by atoms with Crippen LogP contribution in [0.1, 0.15) is 21.5 Å². The lowest BCUT2D eigenvalue weighted by atomic mass is 10.1. The van der Waals surface area contributed by atoms with E-state index in [1.807, 2.05) is 32.0 Å². The number of rotatable bonds is 6. The molecule has 0 aliphatic heterocycles. The second-order valence-corrected chi connectivity index (χ2v) is 6.04. The number of benzene rings is 1. The summed E-state index contributed by atoms with van der Waals surface area (Å²) in [7, 11) is 0. The molecule has 2 heterocycles. The van der Waals surface area contributed by atoms with Crippen LogP contribution in [0.25, 0.3) is 0 Å². The average molecular weight is 377 g/mol. The van der Waals surface area contributed by atoms with E-state index in [1.165, 1.54) is 18.5 Å². The van der Waals surface area contributed by atoms with E-state index in [-0.39, 0.29) is 11.4 Å². The number of carbonyl (C=O) groups is 2. The number of carbonyl (C=O) groups excluding carboxylic acids is 2. The van der Waals surface area contributed by atoms with Crippen LogP contribution in [0.5, 0.6) is 11.6 Å². The van der Waals surface area contributed by atoms with Crippen molar-refractivity contribution in [1.82, 2.24) is 9.97 Å². The molecule has 2 aromatic heterocycles. The molecule has 28 heavy (non-hydrogen) atoms. The first-order valence-electron chi connectivity index (χ1n) is 8.60. The predicted octanol–water partition coefficient (Wildman–Crippen LogP) is 3.68. The Hall–Kier alpha value is -3.74. The summed E-state index contributed by atoms with van der Waals surface area (Å²) in [5.41, 5.74) is 2.69. The predicted molar refractivity (Wildman–Crippen MR) is 103 cm³/mol. The number of amides is 1. The van der Waals surface area contributed by atoms with Crippen LogP contribution in [-0.4, -0.2) is 28.5 Å². The molecule has 0 aliphatic rings. The van der Waals surface area contributed by atoms with Crippen molar-refractivity contribution < 1.29 is 19.1 Å². The number of nitrogens with zero attached hydrogens (tertiary/aromatic N) is 2. The first-order valence-corrected chi connectivity index (χ1v) is 8.60. The molecule has 0 radical (unpaired) electrons. The van der Waals surface area contributed by atoms with Crippen molar-refractivity contribution in [3.8, 4) is 11.6 Å². The molecule has 0 unspecified atom stereocenters. The van der Waals surface area contributed by atoms with Crippen molar-refractivity contribution in [3.63, 3.8) is 0 Å². The third kappa shape index (κ3) is 4.70. The molecule has 7 nitrogen and oxygen atoms in total. The van der Waals surface area contributed by atoms with E-state index in [0.717, 1.165) is 11.1 Å². The molecule has 0 fully saturated rings. The molecule has 7 heteroatoms. The Labute approximate surface area is 162 Å². The molecule has 3 rings (SSSR count). The van der Waals surface area contributed by atoms with Gasteiger partial charge in [-0.15, -0.1) is 0 Å². The summed E-state index contributed by atoms with van der Waals surface area (Å²) in [4.78, 5) is 32.6. The van der Waals surface area contributed by atoms with Crippen molar-refractivity contribution in [3.05, 3.63) is 77.7 Å². The zero-order valence-electron chi connectivity index (χ0n) is 15.5. The molecule has 0 atom stereocenters. The quantitative estimate of drug-likeness (QED) is 0.659. The van der Waals surface area contributed by atoms with Crippen LogP contribution < -0.4 is 10.1 Å². The lowest BCUT2D eigenvalue weighted by Crippen LogP contribution is -2.22. The highest BCUT2D eigenvalue weighted by Crippen LogP contribution is 2.23. The van der Waals surface area contributed by atoms with Crippen molar-refractivity contribution in [2.75, 3.05) is 11.9 Å². The summed E-state index contributed by atoms with van der Waals surface area (Å²) in [5.74, 6) is -0.619. The maximum absolute atomic E-state index is 12.4. The lowest BCUT2D eigenvalue weighted by molar-refractivity contribution is -0.119. The van der Waals surface area contributed by atoms with Crippen molar-refractivity contribution in [2.45, 2.75) is 13.8 Å². The highest BCUT2D eigenvalue weighted by molar-refractivity contribution is 5.97. The van der Waals surface area contributed by atoms with E-state index in [2.05, 4.69) is 15.3 Å². The average Bonchev–Trinajstić information content (AvgIpc) is 2.70. The number of para-hydroxylation sites is 1. The molecule has 0 aliphatic carbocycles. The number of aromatic nitrogens is 2. The minimum absolute atomic E-state index is 0.0793. The first kappa shape index (κ1) is 19.0. The summed E-state index contributed by atoms with van der Waals surface area (Å²) in [6.07, 6.45) is 4.60. The number of esters is 1. The van der Waals surface area contributed by atoms with Gasteiger partial charge in [-0.05, 0) is 49.2 Å². The Morgan fingerprint density at radius 3 is 2.46 bits per heavy atom. The van der Waals surface area contributed by atoms with Gasteiger partial charge in [0.2, 0.25) is 5.88 Å². The van der Waals surface area contributed by atoms with E-state index in [1.54, 1.807) is 24.4 Å². The van der Waals surface area contributed by atoms with Gasteiger partial charge >= 0.3 is 5.97 Å². The Morgan fingerprint density at radius 1 is 1.00 bits per heavy atom.